The van der Waals surface area contributed by atoms with Crippen LogP contribution in [0.1, 0.15) is 19.3 Å². The first-order valence-corrected chi connectivity index (χ1v) is 6.08. The van der Waals surface area contributed by atoms with E-state index < -0.39 is 11.3 Å². The topological polar surface area (TPSA) is 55.4 Å². The molecule has 2 aliphatic carbocycles. The van der Waals surface area contributed by atoms with Crippen molar-refractivity contribution in [2.24, 2.45) is 17.8 Å². The number of carbonyl (C=O) groups excluding carboxylic acids is 2. The molecule has 0 aromatic heterocycles. The number of amides is 1. The zero-order valence-corrected chi connectivity index (χ0v) is 10.00. The second-order valence-corrected chi connectivity index (χ2v) is 5.05. The Morgan fingerprint density at radius 2 is 2.06 bits per heavy atom. The standard InChI is InChI=1S/C11H16ClNO3/c1-16-11(15)8(12)5-13-10(14)9-6-3-2-4-7(6)9/h6-9H,2-5H2,1H3,(H,13,14). The summed E-state index contributed by atoms with van der Waals surface area (Å²) >= 11 is 5.73. The van der Waals surface area contributed by atoms with Crippen molar-refractivity contribution in [1.82, 2.24) is 5.32 Å². The van der Waals surface area contributed by atoms with Crippen LogP contribution in [0.4, 0.5) is 0 Å². The predicted molar refractivity (Wildman–Crippen MR) is 59.0 cm³/mol. The van der Waals surface area contributed by atoms with E-state index in [1.165, 1.54) is 26.4 Å². The summed E-state index contributed by atoms with van der Waals surface area (Å²) in [5.41, 5.74) is 0. The highest BCUT2D eigenvalue weighted by Gasteiger charge is 2.56. The second-order valence-electron chi connectivity index (χ2n) is 4.52. The number of ether oxygens (including phenoxy) is 1. The van der Waals surface area contributed by atoms with Gasteiger partial charge in [0.05, 0.1) is 7.11 Å². The zero-order valence-electron chi connectivity index (χ0n) is 9.24. The molecule has 1 N–H and O–H groups in total. The monoisotopic (exact) mass is 245 g/mol. The van der Waals surface area contributed by atoms with Gasteiger partial charge in [-0.15, -0.1) is 11.6 Å². The van der Waals surface area contributed by atoms with Gasteiger partial charge in [-0.1, -0.05) is 6.42 Å². The number of carbonyl (C=O) groups is 2. The van der Waals surface area contributed by atoms with Gasteiger partial charge in [0.25, 0.3) is 0 Å². The molecule has 0 aromatic carbocycles. The van der Waals surface area contributed by atoms with Crippen LogP contribution in [-0.2, 0) is 14.3 Å². The van der Waals surface area contributed by atoms with Crippen LogP contribution in [-0.4, -0.2) is 30.9 Å². The lowest BCUT2D eigenvalue weighted by Gasteiger charge is -2.09. The van der Waals surface area contributed by atoms with Crippen LogP contribution in [0.3, 0.4) is 0 Å². The van der Waals surface area contributed by atoms with Gasteiger partial charge >= 0.3 is 5.97 Å². The quantitative estimate of drug-likeness (QED) is 0.592. The summed E-state index contributed by atoms with van der Waals surface area (Å²) in [4.78, 5) is 22.7. The molecule has 0 saturated heterocycles. The lowest BCUT2D eigenvalue weighted by Crippen LogP contribution is -2.35. The molecule has 0 spiro atoms. The Hall–Kier alpha value is -0.770. The minimum atomic E-state index is -0.785. The molecular weight excluding hydrogens is 230 g/mol. The fraction of sp³-hybridized carbons (Fsp3) is 0.818. The van der Waals surface area contributed by atoms with Crippen LogP contribution in [0, 0.1) is 17.8 Å². The number of methoxy groups -OCH3 is 1. The Morgan fingerprint density at radius 1 is 1.44 bits per heavy atom. The highest BCUT2D eigenvalue weighted by Crippen LogP contribution is 2.57. The van der Waals surface area contributed by atoms with Crippen LogP contribution in [0.25, 0.3) is 0 Å². The molecule has 2 saturated carbocycles. The number of hydrogen-bond acceptors (Lipinski definition) is 3. The van der Waals surface area contributed by atoms with Crippen LogP contribution >= 0.6 is 11.6 Å². The number of esters is 1. The summed E-state index contributed by atoms with van der Waals surface area (Å²) in [6.45, 7) is 0.156. The van der Waals surface area contributed by atoms with Crippen LogP contribution < -0.4 is 5.32 Å². The molecule has 0 radical (unpaired) electrons. The van der Waals surface area contributed by atoms with E-state index in [2.05, 4.69) is 10.1 Å². The van der Waals surface area contributed by atoms with E-state index in [1.54, 1.807) is 0 Å². The second kappa shape index (κ2) is 4.62. The van der Waals surface area contributed by atoms with Gasteiger partial charge in [0.1, 0.15) is 5.38 Å². The minimum Gasteiger partial charge on any atom is -0.468 e. The smallest absolute Gasteiger partial charge is 0.325 e. The van der Waals surface area contributed by atoms with Crippen LogP contribution in [0.5, 0.6) is 0 Å². The average Bonchev–Trinajstić information content (AvgIpc) is 2.78. The Balaban J connectivity index is 1.71. The molecule has 90 valence electrons. The first-order chi connectivity index (χ1) is 7.65. The van der Waals surface area contributed by atoms with Gasteiger partial charge in [-0.2, -0.15) is 0 Å². The highest BCUT2D eigenvalue weighted by molar-refractivity contribution is 6.30. The Kier molecular flexibility index (Phi) is 3.38. The summed E-state index contributed by atoms with van der Waals surface area (Å²) < 4.78 is 4.47. The molecule has 5 heteroatoms. The molecule has 2 rings (SSSR count). The van der Waals surface area contributed by atoms with Crippen molar-refractivity contribution in [2.45, 2.75) is 24.6 Å². The third-order valence-electron chi connectivity index (χ3n) is 3.62. The summed E-state index contributed by atoms with van der Waals surface area (Å²) in [6.07, 6.45) is 3.59. The first kappa shape index (κ1) is 11.7. The number of alkyl halides is 1. The average molecular weight is 246 g/mol. The maximum Gasteiger partial charge on any atom is 0.325 e. The van der Waals surface area contributed by atoms with Gasteiger partial charge < -0.3 is 10.1 Å². The molecule has 3 unspecified atom stereocenters. The molecular formula is C11H16ClNO3. The van der Waals surface area contributed by atoms with Crippen molar-refractivity contribution in [2.75, 3.05) is 13.7 Å². The van der Waals surface area contributed by atoms with Gasteiger partial charge in [-0.3, -0.25) is 9.59 Å². The lowest BCUT2D eigenvalue weighted by molar-refractivity contribution is -0.140. The van der Waals surface area contributed by atoms with Crippen molar-refractivity contribution < 1.29 is 14.3 Å². The first-order valence-electron chi connectivity index (χ1n) is 5.64. The zero-order chi connectivity index (χ0) is 11.7. The van der Waals surface area contributed by atoms with E-state index >= 15 is 0 Å². The van der Waals surface area contributed by atoms with Gasteiger partial charge in [-0.25, -0.2) is 0 Å². The van der Waals surface area contributed by atoms with Crippen LogP contribution in [0.2, 0.25) is 0 Å². The summed E-state index contributed by atoms with van der Waals surface area (Å²) in [7, 11) is 1.28. The molecule has 0 bridgehead atoms. The largest absolute Gasteiger partial charge is 0.468 e. The molecule has 16 heavy (non-hydrogen) atoms. The fourth-order valence-corrected chi connectivity index (χ4v) is 2.90. The molecule has 2 fully saturated rings. The van der Waals surface area contributed by atoms with E-state index in [9.17, 15) is 9.59 Å². The molecule has 2 aliphatic rings. The van der Waals surface area contributed by atoms with Crippen molar-refractivity contribution in [3.8, 4) is 0 Å². The van der Waals surface area contributed by atoms with E-state index in [1.807, 2.05) is 0 Å². The van der Waals surface area contributed by atoms with E-state index in [0.29, 0.717) is 11.8 Å². The number of nitrogens with one attached hydrogen (secondary N) is 1. The summed E-state index contributed by atoms with van der Waals surface area (Å²) in [5.74, 6) is 0.899. The third kappa shape index (κ3) is 2.17. The normalized spacial score (nSPS) is 32.8. The van der Waals surface area contributed by atoms with Crippen molar-refractivity contribution >= 4 is 23.5 Å². The molecule has 0 aliphatic heterocycles. The van der Waals surface area contributed by atoms with E-state index in [4.69, 9.17) is 11.6 Å². The SMILES string of the molecule is COC(=O)C(Cl)CNC(=O)C1C2CCCC21. The highest BCUT2D eigenvalue weighted by atomic mass is 35.5. The number of rotatable bonds is 4. The van der Waals surface area contributed by atoms with Gasteiger partial charge in [-0.05, 0) is 24.7 Å². The predicted octanol–water partition coefficient (Wildman–Crippen LogP) is 0.929. The van der Waals surface area contributed by atoms with Crippen molar-refractivity contribution in [3.05, 3.63) is 0 Å². The Labute approximate surface area is 99.7 Å². The van der Waals surface area contributed by atoms with Gasteiger partial charge in [0, 0.05) is 12.5 Å². The third-order valence-corrected chi connectivity index (χ3v) is 3.95. The summed E-state index contributed by atoms with van der Waals surface area (Å²) in [6, 6.07) is 0. The van der Waals surface area contributed by atoms with Gasteiger partial charge in [0.15, 0.2) is 0 Å². The molecule has 0 aromatic rings. The number of fused-ring (bicyclic) bond motifs is 1. The lowest BCUT2D eigenvalue weighted by atomic mass is 10.1. The fourth-order valence-electron chi connectivity index (χ4n) is 2.73. The molecule has 4 nitrogen and oxygen atoms in total. The maximum absolute atomic E-state index is 11.7. The number of halogens is 1. The van der Waals surface area contributed by atoms with Gasteiger partial charge in [0.2, 0.25) is 5.91 Å². The molecule has 1 amide bonds. The van der Waals surface area contributed by atoms with Crippen molar-refractivity contribution in [1.29, 1.82) is 0 Å². The summed E-state index contributed by atoms with van der Waals surface area (Å²) in [5, 5.41) is 1.93. The molecule has 0 heterocycles. The molecule has 3 atom stereocenters. The maximum atomic E-state index is 11.7. The Bertz CT molecular complexity index is 298. The van der Waals surface area contributed by atoms with Crippen LogP contribution in [0.15, 0.2) is 0 Å². The van der Waals surface area contributed by atoms with E-state index in [0.717, 1.165) is 0 Å². The minimum absolute atomic E-state index is 0.0456. The Morgan fingerprint density at radius 3 is 2.62 bits per heavy atom. The number of hydrogen-bond donors (Lipinski definition) is 1. The van der Waals surface area contributed by atoms with E-state index in [-0.39, 0.29) is 18.4 Å². The van der Waals surface area contributed by atoms with Crippen molar-refractivity contribution in [3.63, 3.8) is 0 Å².